The minimum absolute atomic E-state index is 0.0602. The van der Waals surface area contributed by atoms with E-state index in [-0.39, 0.29) is 5.95 Å². The molecule has 1 saturated heterocycles. The Kier molecular flexibility index (Phi) is 0.642. The van der Waals surface area contributed by atoms with Crippen molar-refractivity contribution in [3.8, 4) is 0 Å². The molecule has 0 aliphatic carbocycles. The first-order valence-corrected chi connectivity index (χ1v) is 1.62. The van der Waals surface area contributed by atoms with Crippen molar-refractivity contribution in [1.29, 1.82) is 0 Å². The van der Waals surface area contributed by atoms with Crippen LogP contribution in [-0.2, 0) is 9.47 Å². The fraction of sp³-hybridized carbons (Fsp3) is 0. The summed E-state index contributed by atoms with van der Waals surface area (Å²) in [6.45, 7) is 3.15. The largest absolute Gasteiger partial charge is 0.525 e. The first-order valence-electron chi connectivity index (χ1n) is 1.62. The van der Waals surface area contributed by atoms with Gasteiger partial charge in [-0.25, -0.2) is 4.79 Å². The first kappa shape index (κ1) is 3.96. The van der Waals surface area contributed by atoms with E-state index in [9.17, 15) is 4.79 Å². The van der Waals surface area contributed by atoms with Gasteiger partial charge in [0.05, 0.1) is 0 Å². The average molecular weight is 98.1 g/mol. The van der Waals surface area contributed by atoms with E-state index < -0.39 is 6.16 Å². The van der Waals surface area contributed by atoms with Gasteiger partial charge in [-0.2, -0.15) is 0 Å². The lowest BCUT2D eigenvalue weighted by molar-refractivity contribution is -0.0250. The molecule has 0 radical (unpaired) electrons. The monoisotopic (exact) mass is 98.0 g/mol. The molecule has 0 unspecified atom stereocenters. The van der Waals surface area contributed by atoms with Crippen molar-refractivity contribution < 1.29 is 14.3 Å². The van der Waals surface area contributed by atoms with Crippen LogP contribution >= 0.6 is 0 Å². The van der Waals surface area contributed by atoms with E-state index in [1.54, 1.807) is 0 Å². The summed E-state index contributed by atoms with van der Waals surface area (Å²) in [4.78, 5) is 9.74. The van der Waals surface area contributed by atoms with Crippen molar-refractivity contribution in [3.05, 3.63) is 18.3 Å². The van der Waals surface area contributed by atoms with Gasteiger partial charge in [0, 0.05) is 0 Å². The molecule has 0 spiro atoms. The molecular formula is C4H2O3. The number of carbonyl (C=O) groups is 1. The van der Waals surface area contributed by atoms with Gasteiger partial charge in [-0.15, -0.1) is 0 Å². The zero-order chi connectivity index (χ0) is 5.28. The van der Waals surface area contributed by atoms with E-state index in [4.69, 9.17) is 0 Å². The van der Waals surface area contributed by atoms with Gasteiger partial charge in [0.2, 0.25) is 0 Å². The summed E-state index contributed by atoms with van der Waals surface area (Å²) in [5.74, 6) is 0.0602. The highest BCUT2D eigenvalue weighted by atomic mass is 16.9. The number of hydrogen-bond donors (Lipinski definition) is 0. The summed E-state index contributed by atoms with van der Waals surface area (Å²) in [6, 6.07) is 0. The second kappa shape index (κ2) is 1.13. The van der Waals surface area contributed by atoms with Gasteiger partial charge in [-0.1, -0.05) is 0 Å². The van der Waals surface area contributed by atoms with Crippen LogP contribution in [0.1, 0.15) is 0 Å². The van der Waals surface area contributed by atoms with Crippen molar-refractivity contribution in [2.75, 3.05) is 0 Å². The predicted octanol–water partition coefficient (Wildman–Crippen LogP) is 0.779. The molecule has 0 atom stereocenters. The molecule has 1 heterocycles. The molecule has 3 nitrogen and oxygen atoms in total. The van der Waals surface area contributed by atoms with Gasteiger partial charge >= 0.3 is 12.1 Å². The van der Waals surface area contributed by atoms with Crippen molar-refractivity contribution in [3.63, 3.8) is 0 Å². The zero-order valence-electron chi connectivity index (χ0n) is 3.43. The molecular weight excluding hydrogens is 96.0 g/mol. The van der Waals surface area contributed by atoms with Gasteiger partial charge < -0.3 is 9.47 Å². The Morgan fingerprint density at radius 1 is 1.57 bits per heavy atom. The number of rotatable bonds is 0. The molecule has 36 valence electrons. The molecule has 0 amide bonds. The maximum Gasteiger partial charge on any atom is 0.525 e. The highest BCUT2D eigenvalue weighted by molar-refractivity contribution is 5.67. The van der Waals surface area contributed by atoms with Crippen LogP contribution in [0.4, 0.5) is 4.79 Å². The second-order valence-corrected chi connectivity index (χ2v) is 0.918. The summed E-state index contributed by atoms with van der Waals surface area (Å²) in [5.41, 5.74) is 2.23. The third-order valence-corrected chi connectivity index (χ3v) is 0.496. The molecule has 1 rings (SSSR count). The standard InChI is InChI=1S/C4H2O3/c1-2-3-6-4(5)7-3/h1H2. The van der Waals surface area contributed by atoms with Gasteiger partial charge in [-0.05, 0) is 12.3 Å². The first-order chi connectivity index (χ1) is 3.33. The van der Waals surface area contributed by atoms with Crippen LogP contribution in [0.3, 0.4) is 0 Å². The van der Waals surface area contributed by atoms with E-state index in [0.717, 1.165) is 0 Å². The number of carbonyl (C=O) groups excluding carboxylic acids is 1. The van der Waals surface area contributed by atoms with Gasteiger partial charge in [0.15, 0.2) is 0 Å². The van der Waals surface area contributed by atoms with Crippen molar-refractivity contribution in [2.45, 2.75) is 0 Å². The molecule has 0 aromatic heterocycles. The molecule has 0 aromatic carbocycles. The van der Waals surface area contributed by atoms with Crippen LogP contribution in [-0.4, -0.2) is 6.16 Å². The Morgan fingerprint density at radius 3 is 2.29 bits per heavy atom. The van der Waals surface area contributed by atoms with Crippen LogP contribution in [0.2, 0.25) is 0 Å². The quantitative estimate of drug-likeness (QED) is 0.331. The van der Waals surface area contributed by atoms with Crippen molar-refractivity contribution in [1.82, 2.24) is 0 Å². The summed E-state index contributed by atoms with van der Waals surface area (Å²) < 4.78 is 8.34. The molecule has 3 heteroatoms. The Balaban J connectivity index is 2.61. The third-order valence-electron chi connectivity index (χ3n) is 0.496. The van der Waals surface area contributed by atoms with Crippen LogP contribution in [0.25, 0.3) is 0 Å². The van der Waals surface area contributed by atoms with E-state index in [1.807, 2.05) is 0 Å². The maximum absolute atomic E-state index is 9.74. The Morgan fingerprint density at radius 2 is 2.14 bits per heavy atom. The van der Waals surface area contributed by atoms with E-state index in [2.05, 4.69) is 21.8 Å². The third kappa shape index (κ3) is 0.483. The SMILES string of the molecule is C=C=C1OC(=O)O1. The van der Waals surface area contributed by atoms with E-state index in [1.165, 1.54) is 0 Å². The van der Waals surface area contributed by atoms with Crippen molar-refractivity contribution >= 4 is 6.16 Å². The fourth-order valence-electron chi connectivity index (χ4n) is 0.231. The average Bonchev–Trinajstić information content (AvgIpc) is 1.58. The molecule has 7 heavy (non-hydrogen) atoms. The minimum Gasteiger partial charge on any atom is -0.353 e. The number of cyclic esters (lactones) is 2. The molecule has 1 aliphatic rings. The molecule has 0 saturated carbocycles. The lowest BCUT2D eigenvalue weighted by Gasteiger charge is -2.11. The van der Waals surface area contributed by atoms with Crippen molar-refractivity contribution in [2.24, 2.45) is 0 Å². The van der Waals surface area contributed by atoms with E-state index in [0.29, 0.717) is 0 Å². The Bertz CT molecular complexity index is 142. The number of hydrogen-bond acceptors (Lipinski definition) is 3. The topological polar surface area (TPSA) is 35.5 Å². The summed E-state index contributed by atoms with van der Waals surface area (Å²) in [7, 11) is 0. The molecule has 1 fully saturated rings. The van der Waals surface area contributed by atoms with E-state index >= 15 is 0 Å². The number of ether oxygens (including phenoxy) is 2. The highest BCUT2D eigenvalue weighted by Gasteiger charge is 2.22. The van der Waals surface area contributed by atoms with Gasteiger partial charge in [-0.3, -0.25) is 0 Å². The fourth-order valence-corrected chi connectivity index (χ4v) is 0.231. The molecule has 1 aliphatic heterocycles. The van der Waals surface area contributed by atoms with Gasteiger partial charge in [0.25, 0.3) is 0 Å². The summed E-state index contributed by atoms with van der Waals surface area (Å²) in [6.07, 6.45) is -0.689. The summed E-state index contributed by atoms with van der Waals surface area (Å²) in [5, 5.41) is 0. The minimum atomic E-state index is -0.689. The van der Waals surface area contributed by atoms with Crippen LogP contribution < -0.4 is 0 Å². The van der Waals surface area contributed by atoms with Crippen LogP contribution in [0.5, 0.6) is 0 Å². The summed E-state index contributed by atoms with van der Waals surface area (Å²) >= 11 is 0. The normalized spacial score (nSPS) is 16.0. The molecule has 0 N–H and O–H groups in total. The highest BCUT2D eigenvalue weighted by Crippen LogP contribution is 2.11. The lowest BCUT2D eigenvalue weighted by Crippen LogP contribution is -2.18. The smallest absolute Gasteiger partial charge is 0.353 e. The van der Waals surface area contributed by atoms with Crippen LogP contribution in [0, 0.1) is 0 Å². The maximum atomic E-state index is 9.74. The van der Waals surface area contributed by atoms with Gasteiger partial charge in [0.1, 0.15) is 0 Å². The lowest BCUT2D eigenvalue weighted by atomic mass is 10.8. The Labute approximate surface area is 39.8 Å². The predicted molar refractivity (Wildman–Crippen MR) is 20.2 cm³/mol. The molecule has 0 bridgehead atoms. The second-order valence-electron chi connectivity index (χ2n) is 0.918. The van der Waals surface area contributed by atoms with Crippen LogP contribution in [0.15, 0.2) is 18.3 Å². The Hall–Kier alpha value is -1.21. The zero-order valence-corrected chi connectivity index (χ0v) is 3.43. The molecule has 0 aromatic rings.